The van der Waals surface area contributed by atoms with Gasteiger partial charge in [-0.2, -0.15) is 21.6 Å². The number of unbranched alkanes of at least 4 members (excludes halogenated alkanes) is 1. The van der Waals surface area contributed by atoms with Crippen molar-refractivity contribution in [2.75, 3.05) is 33.0 Å². The predicted molar refractivity (Wildman–Crippen MR) is 62.1 cm³/mol. The van der Waals surface area contributed by atoms with Crippen LogP contribution in [0, 0.1) is 0 Å². The number of hydrogen-bond donors (Lipinski definition) is 0. The lowest BCUT2D eigenvalue weighted by molar-refractivity contribution is -0.0546. The summed E-state index contributed by atoms with van der Waals surface area (Å²) in [6.07, 6.45) is 2.05. The van der Waals surface area contributed by atoms with Crippen LogP contribution in [0.5, 0.6) is 0 Å². The van der Waals surface area contributed by atoms with Gasteiger partial charge in [-0.25, -0.2) is 0 Å². The zero-order valence-corrected chi connectivity index (χ0v) is 11.6. The van der Waals surface area contributed by atoms with E-state index in [0.29, 0.717) is 19.8 Å². The van der Waals surface area contributed by atoms with E-state index in [1.165, 1.54) is 0 Å². The highest BCUT2D eigenvalue weighted by Crippen LogP contribution is 2.24. The number of halogens is 3. The molecule has 0 unspecified atom stereocenters. The second-order valence-electron chi connectivity index (χ2n) is 3.65. The molecular weight excluding hydrogens is 289 g/mol. The Balaban J connectivity index is 3.42. The maximum Gasteiger partial charge on any atom is 0.523 e. The summed E-state index contributed by atoms with van der Waals surface area (Å²) in [7, 11) is -5.49. The Morgan fingerprint density at radius 3 is 1.89 bits per heavy atom. The summed E-state index contributed by atoms with van der Waals surface area (Å²) >= 11 is 0. The van der Waals surface area contributed by atoms with Crippen molar-refractivity contribution < 1.29 is 35.2 Å². The first-order valence-corrected chi connectivity index (χ1v) is 7.33. The fourth-order valence-electron chi connectivity index (χ4n) is 0.965. The quantitative estimate of drug-likeness (QED) is 0.332. The van der Waals surface area contributed by atoms with Crippen molar-refractivity contribution in [3.8, 4) is 0 Å². The molecule has 0 spiro atoms. The largest absolute Gasteiger partial charge is 0.523 e. The molecule has 0 aliphatic carbocycles. The summed E-state index contributed by atoms with van der Waals surface area (Å²) in [5, 5.41) is 0. The zero-order valence-electron chi connectivity index (χ0n) is 10.7. The number of rotatable bonds is 11. The van der Waals surface area contributed by atoms with Gasteiger partial charge in [0, 0.05) is 13.2 Å². The molecule has 0 aromatic rings. The lowest BCUT2D eigenvalue weighted by atomic mass is 10.4. The first-order chi connectivity index (χ1) is 8.81. The summed E-state index contributed by atoms with van der Waals surface area (Å²) in [5.41, 5.74) is -5.37. The van der Waals surface area contributed by atoms with Crippen LogP contribution in [0.4, 0.5) is 13.2 Å². The fourth-order valence-corrected chi connectivity index (χ4v) is 1.44. The van der Waals surface area contributed by atoms with Crippen molar-refractivity contribution in [2.24, 2.45) is 0 Å². The van der Waals surface area contributed by atoms with Crippen LogP contribution >= 0.6 is 0 Å². The lowest BCUT2D eigenvalue weighted by Crippen LogP contribution is -2.26. The van der Waals surface area contributed by atoms with Crippen molar-refractivity contribution in [3.05, 3.63) is 0 Å². The Kier molecular flexibility index (Phi) is 9.32. The van der Waals surface area contributed by atoms with Gasteiger partial charge in [-0.15, -0.1) is 0 Å². The molecule has 116 valence electrons. The van der Waals surface area contributed by atoms with E-state index in [1.807, 2.05) is 6.92 Å². The molecule has 0 bridgehead atoms. The van der Waals surface area contributed by atoms with Gasteiger partial charge in [0.1, 0.15) is 0 Å². The van der Waals surface area contributed by atoms with Gasteiger partial charge < -0.3 is 9.47 Å². The molecule has 0 heterocycles. The predicted octanol–water partition coefficient (Wildman–Crippen LogP) is 2.08. The highest BCUT2D eigenvalue weighted by molar-refractivity contribution is 7.87. The van der Waals surface area contributed by atoms with Crippen LogP contribution in [0.15, 0.2) is 0 Å². The van der Waals surface area contributed by atoms with Gasteiger partial charge in [-0.1, -0.05) is 13.3 Å². The van der Waals surface area contributed by atoms with Gasteiger partial charge in [-0.05, 0) is 12.8 Å². The molecule has 0 radical (unpaired) electrons. The molecule has 0 rings (SSSR count). The minimum absolute atomic E-state index is 0.0598. The van der Waals surface area contributed by atoms with E-state index in [1.54, 1.807) is 0 Å². The van der Waals surface area contributed by atoms with E-state index in [-0.39, 0.29) is 13.0 Å². The van der Waals surface area contributed by atoms with E-state index in [4.69, 9.17) is 9.47 Å². The topological polar surface area (TPSA) is 61.8 Å². The molecule has 0 aromatic carbocycles. The maximum atomic E-state index is 11.9. The van der Waals surface area contributed by atoms with E-state index < -0.39 is 22.2 Å². The van der Waals surface area contributed by atoms with E-state index >= 15 is 0 Å². The molecule has 5 nitrogen and oxygen atoms in total. The van der Waals surface area contributed by atoms with Crippen molar-refractivity contribution >= 4 is 10.1 Å². The Labute approximate surface area is 111 Å². The Morgan fingerprint density at radius 2 is 1.42 bits per heavy atom. The van der Waals surface area contributed by atoms with Gasteiger partial charge in [0.05, 0.1) is 19.8 Å². The van der Waals surface area contributed by atoms with Gasteiger partial charge >= 0.3 is 15.6 Å². The van der Waals surface area contributed by atoms with Crippen molar-refractivity contribution in [3.63, 3.8) is 0 Å². The summed E-state index contributed by atoms with van der Waals surface area (Å²) in [4.78, 5) is 0. The van der Waals surface area contributed by atoms with Crippen molar-refractivity contribution in [1.29, 1.82) is 0 Å². The van der Waals surface area contributed by atoms with Crippen LogP contribution in [0.1, 0.15) is 26.2 Å². The third-order valence-corrected chi connectivity index (χ3v) is 3.01. The van der Waals surface area contributed by atoms with Crippen LogP contribution < -0.4 is 0 Å². The third kappa shape index (κ3) is 9.20. The average Bonchev–Trinajstić information content (AvgIpc) is 2.30. The number of ether oxygens (including phenoxy) is 2. The molecule has 0 fully saturated rings. The highest BCUT2D eigenvalue weighted by Gasteiger charge is 2.47. The van der Waals surface area contributed by atoms with E-state index in [2.05, 4.69) is 4.18 Å². The van der Waals surface area contributed by atoms with Gasteiger partial charge in [0.15, 0.2) is 0 Å². The molecule has 0 aliphatic heterocycles. The molecular formula is C10H19F3O5S. The number of hydrogen-bond acceptors (Lipinski definition) is 5. The standard InChI is InChI=1S/C10H19F3O5S/c1-2-3-5-16-8-9-17-6-4-7-18-19(14,15)10(11,12)13/h2-9H2,1H3. The van der Waals surface area contributed by atoms with E-state index in [0.717, 1.165) is 12.8 Å². The van der Waals surface area contributed by atoms with Crippen molar-refractivity contribution in [1.82, 2.24) is 0 Å². The van der Waals surface area contributed by atoms with Gasteiger partial charge in [0.25, 0.3) is 0 Å². The Hall–Kier alpha value is -0.380. The molecule has 0 amide bonds. The van der Waals surface area contributed by atoms with Crippen LogP contribution in [-0.2, 0) is 23.8 Å². The lowest BCUT2D eigenvalue weighted by Gasteiger charge is -2.08. The third-order valence-electron chi connectivity index (χ3n) is 1.97. The molecule has 0 N–H and O–H groups in total. The normalized spacial score (nSPS) is 12.8. The summed E-state index contributed by atoms with van der Waals surface area (Å²) in [5.74, 6) is 0. The Bertz CT molecular complexity index is 316. The van der Waals surface area contributed by atoms with Gasteiger partial charge in [0.2, 0.25) is 0 Å². The zero-order chi connectivity index (χ0) is 14.8. The van der Waals surface area contributed by atoms with Gasteiger partial charge in [-0.3, -0.25) is 4.18 Å². The highest BCUT2D eigenvalue weighted by atomic mass is 32.2. The number of alkyl halides is 3. The van der Waals surface area contributed by atoms with Crippen LogP contribution in [0.2, 0.25) is 0 Å². The minimum atomic E-state index is -5.49. The maximum absolute atomic E-state index is 11.9. The minimum Gasteiger partial charge on any atom is -0.379 e. The van der Waals surface area contributed by atoms with Crippen molar-refractivity contribution in [2.45, 2.75) is 31.7 Å². The summed E-state index contributed by atoms with van der Waals surface area (Å²) in [6.45, 7) is 2.96. The van der Waals surface area contributed by atoms with Crippen LogP contribution in [0.25, 0.3) is 0 Å². The molecule has 0 aromatic heterocycles. The molecule has 0 saturated carbocycles. The SMILES string of the molecule is CCCCOCCOCCCOS(=O)(=O)C(F)(F)F. The first-order valence-electron chi connectivity index (χ1n) is 5.92. The molecule has 9 heteroatoms. The fraction of sp³-hybridized carbons (Fsp3) is 1.00. The molecule has 0 aliphatic rings. The second kappa shape index (κ2) is 9.51. The molecule has 19 heavy (non-hydrogen) atoms. The first kappa shape index (κ1) is 18.6. The van der Waals surface area contributed by atoms with E-state index in [9.17, 15) is 21.6 Å². The molecule has 0 saturated heterocycles. The average molecular weight is 308 g/mol. The van der Waals surface area contributed by atoms with Crippen LogP contribution in [0.3, 0.4) is 0 Å². The Morgan fingerprint density at radius 1 is 0.895 bits per heavy atom. The second-order valence-corrected chi connectivity index (χ2v) is 5.26. The summed E-state index contributed by atoms with van der Waals surface area (Å²) < 4.78 is 70.5. The smallest absolute Gasteiger partial charge is 0.379 e. The summed E-state index contributed by atoms with van der Waals surface area (Å²) in [6, 6.07) is 0. The molecule has 0 atom stereocenters. The monoisotopic (exact) mass is 308 g/mol. The van der Waals surface area contributed by atoms with Crippen LogP contribution in [-0.4, -0.2) is 47.0 Å².